The summed E-state index contributed by atoms with van der Waals surface area (Å²) in [5.74, 6) is 1.94. The predicted octanol–water partition coefficient (Wildman–Crippen LogP) is 4.24. The fourth-order valence-electron chi connectivity index (χ4n) is 3.69. The van der Waals surface area contributed by atoms with Crippen LogP contribution in [0.25, 0.3) is 0 Å². The molecule has 0 aromatic carbocycles. The van der Waals surface area contributed by atoms with Crippen LogP contribution in [0.4, 0.5) is 0 Å². The van der Waals surface area contributed by atoms with Crippen LogP contribution in [-0.4, -0.2) is 24.5 Å². The molecule has 1 aliphatic heterocycles. The van der Waals surface area contributed by atoms with Gasteiger partial charge in [0, 0.05) is 13.1 Å². The van der Waals surface area contributed by atoms with E-state index in [2.05, 4.69) is 24.8 Å². The summed E-state index contributed by atoms with van der Waals surface area (Å²) in [6.07, 6.45) is 12.3. The van der Waals surface area contributed by atoms with Crippen molar-refractivity contribution in [2.45, 2.75) is 58.8 Å². The molecule has 1 saturated heterocycles. The number of rotatable bonds is 4. The minimum atomic E-state index is 0.945. The molecule has 98 valence electrons. The zero-order chi connectivity index (χ0) is 12.1. The van der Waals surface area contributed by atoms with Crippen molar-refractivity contribution in [2.24, 2.45) is 11.8 Å². The van der Waals surface area contributed by atoms with Crippen molar-refractivity contribution in [1.29, 1.82) is 0 Å². The van der Waals surface area contributed by atoms with Crippen LogP contribution in [0.5, 0.6) is 0 Å². The third-order valence-corrected chi connectivity index (χ3v) is 4.49. The number of allylic oxidation sites excluding steroid dienone is 2. The predicted molar refractivity (Wildman–Crippen MR) is 75.2 cm³/mol. The van der Waals surface area contributed by atoms with Gasteiger partial charge in [-0.25, -0.2) is 0 Å². The number of nitrogens with zero attached hydrogens (tertiary/aromatic N) is 1. The maximum absolute atomic E-state index is 2.76. The maximum Gasteiger partial charge on any atom is 0.00129 e. The van der Waals surface area contributed by atoms with Gasteiger partial charge in [0.1, 0.15) is 0 Å². The fourth-order valence-corrected chi connectivity index (χ4v) is 3.69. The molecule has 0 amide bonds. The van der Waals surface area contributed by atoms with Gasteiger partial charge >= 0.3 is 0 Å². The van der Waals surface area contributed by atoms with Gasteiger partial charge < -0.3 is 4.90 Å². The van der Waals surface area contributed by atoms with Crippen LogP contribution in [0.2, 0.25) is 0 Å². The van der Waals surface area contributed by atoms with Gasteiger partial charge in [0.25, 0.3) is 0 Å². The molecule has 1 nitrogen and oxygen atoms in total. The largest absolute Gasteiger partial charge is 0.303 e. The van der Waals surface area contributed by atoms with Crippen LogP contribution in [0.1, 0.15) is 58.8 Å². The first kappa shape index (κ1) is 13.1. The van der Waals surface area contributed by atoms with Crippen molar-refractivity contribution in [1.82, 2.24) is 4.90 Å². The normalized spacial score (nSPS) is 31.3. The first-order chi connectivity index (χ1) is 8.28. The fraction of sp³-hybridized carbons (Fsp3) is 0.875. The van der Waals surface area contributed by atoms with E-state index >= 15 is 0 Å². The molecule has 2 unspecified atom stereocenters. The van der Waals surface area contributed by atoms with E-state index in [4.69, 9.17) is 0 Å². The van der Waals surface area contributed by atoms with E-state index in [0.717, 1.165) is 11.8 Å². The van der Waals surface area contributed by atoms with Gasteiger partial charge in [0.2, 0.25) is 0 Å². The molecule has 0 N–H and O–H groups in total. The van der Waals surface area contributed by atoms with Crippen molar-refractivity contribution in [2.75, 3.05) is 19.6 Å². The number of hydrogen-bond donors (Lipinski definition) is 0. The molecule has 0 aromatic rings. The highest BCUT2D eigenvalue weighted by molar-refractivity contribution is 5.03. The molecule has 0 bridgehead atoms. The highest BCUT2D eigenvalue weighted by Gasteiger charge is 2.22. The molecule has 2 aliphatic rings. The zero-order valence-electron chi connectivity index (χ0n) is 11.8. The van der Waals surface area contributed by atoms with Gasteiger partial charge in [-0.05, 0) is 63.8 Å². The molecule has 1 aliphatic carbocycles. The summed E-state index contributed by atoms with van der Waals surface area (Å²) in [5, 5.41) is 0. The summed E-state index contributed by atoms with van der Waals surface area (Å²) in [4.78, 5) is 2.76. The summed E-state index contributed by atoms with van der Waals surface area (Å²) in [6, 6.07) is 0. The molecule has 1 heterocycles. The van der Waals surface area contributed by atoms with Crippen LogP contribution < -0.4 is 0 Å². The Morgan fingerprint density at radius 1 is 1.29 bits per heavy atom. The van der Waals surface area contributed by atoms with Crippen LogP contribution in [0, 0.1) is 11.8 Å². The Kier molecular flexibility index (Phi) is 5.09. The summed E-state index contributed by atoms with van der Waals surface area (Å²) in [6.45, 7) is 8.74. The van der Waals surface area contributed by atoms with Gasteiger partial charge in [0.15, 0.2) is 0 Å². The van der Waals surface area contributed by atoms with Gasteiger partial charge in [-0.1, -0.05) is 25.0 Å². The molecular formula is C16H29N. The smallest absolute Gasteiger partial charge is 0.00129 e. The molecule has 0 aromatic heterocycles. The Labute approximate surface area is 107 Å². The second-order valence-electron chi connectivity index (χ2n) is 6.25. The Balaban J connectivity index is 1.76. The van der Waals surface area contributed by atoms with E-state index in [9.17, 15) is 0 Å². The summed E-state index contributed by atoms with van der Waals surface area (Å²) in [5.41, 5.74) is 1.63. The van der Waals surface area contributed by atoms with Gasteiger partial charge in [-0.3, -0.25) is 0 Å². The van der Waals surface area contributed by atoms with Crippen LogP contribution >= 0.6 is 0 Å². The average Bonchev–Trinajstić information content (AvgIpc) is 2.30. The highest BCUT2D eigenvalue weighted by atomic mass is 15.1. The van der Waals surface area contributed by atoms with Crippen molar-refractivity contribution < 1.29 is 0 Å². The lowest BCUT2D eigenvalue weighted by molar-refractivity contribution is 0.142. The number of likely N-dealkylation sites (tertiary alicyclic amines) is 1. The monoisotopic (exact) mass is 235 g/mol. The second-order valence-corrected chi connectivity index (χ2v) is 6.25. The standard InChI is InChI=1S/C16H29N/c1-3-6-15-9-5-10-17(12-15)13-16-8-4-7-14(2)11-16/h7,15-16H,3-6,8-13H2,1-2H3. The third kappa shape index (κ3) is 4.13. The Morgan fingerprint density at radius 2 is 2.18 bits per heavy atom. The second kappa shape index (κ2) is 6.58. The Bertz CT molecular complexity index is 254. The quantitative estimate of drug-likeness (QED) is 0.659. The molecule has 2 atom stereocenters. The van der Waals surface area contributed by atoms with E-state index in [0.29, 0.717) is 0 Å². The van der Waals surface area contributed by atoms with Crippen LogP contribution in [-0.2, 0) is 0 Å². The number of hydrogen-bond acceptors (Lipinski definition) is 1. The molecule has 0 saturated carbocycles. The topological polar surface area (TPSA) is 3.24 Å². The summed E-state index contributed by atoms with van der Waals surface area (Å²) < 4.78 is 0. The number of piperidine rings is 1. The van der Waals surface area contributed by atoms with Crippen LogP contribution in [0.15, 0.2) is 11.6 Å². The van der Waals surface area contributed by atoms with Crippen molar-refractivity contribution in [3.05, 3.63) is 11.6 Å². The molecule has 1 heteroatoms. The van der Waals surface area contributed by atoms with E-state index in [-0.39, 0.29) is 0 Å². The average molecular weight is 235 g/mol. The van der Waals surface area contributed by atoms with E-state index in [1.165, 1.54) is 64.6 Å². The van der Waals surface area contributed by atoms with Crippen molar-refractivity contribution >= 4 is 0 Å². The van der Waals surface area contributed by atoms with Gasteiger partial charge in [-0.2, -0.15) is 0 Å². The lowest BCUT2D eigenvalue weighted by Crippen LogP contribution is -2.38. The summed E-state index contributed by atoms with van der Waals surface area (Å²) >= 11 is 0. The molecule has 1 fully saturated rings. The minimum absolute atomic E-state index is 0.945. The molecule has 17 heavy (non-hydrogen) atoms. The first-order valence-electron chi connectivity index (χ1n) is 7.66. The van der Waals surface area contributed by atoms with E-state index in [1.807, 2.05) is 0 Å². The summed E-state index contributed by atoms with van der Waals surface area (Å²) in [7, 11) is 0. The van der Waals surface area contributed by atoms with E-state index < -0.39 is 0 Å². The van der Waals surface area contributed by atoms with E-state index in [1.54, 1.807) is 5.57 Å². The first-order valence-corrected chi connectivity index (χ1v) is 7.66. The lowest BCUT2D eigenvalue weighted by atomic mass is 9.87. The van der Waals surface area contributed by atoms with Crippen molar-refractivity contribution in [3.63, 3.8) is 0 Å². The Hall–Kier alpha value is -0.300. The van der Waals surface area contributed by atoms with Crippen molar-refractivity contribution in [3.8, 4) is 0 Å². The lowest BCUT2D eigenvalue weighted by Gasteiger charge is -2.35. The van der Waals surface area contributed by atoms with Gasteiger partial charge in [0.05, 0.1) is 0 Å². The molecule has 0 spiro atoms. The Morgan fingerprint density at radius 3 is 2.94 bits per heavy atom. The molecule has 0 radical (unpaired) electrons. The molecule has 2 rings (SSSR count). The maximum atomic E-state index is 2.76. The third-order valence-electron chi connectivity index (χ3n) is 4.49. The highest BCUT2D eigenvalue weighted by Crippen LogP contribution is 2.27. The SMILES string of the molecule is CCCC1CCCN(CC2CCC=C(C)C2)C1. The minimum Gasteiger partial charge on any atom is -0.303 e. The molecular weight excluding hydrogens is 206 g/mol. The van der Waals surface area contributed by atoms with Gasteiger partial charge in [-0.15, -0.1) is 0 Å². The van der Waals surface area contributed by atoms with Crippen LogP contribution in [0.3, 0.4) is 0 Å². The zero-order valence-corrected chi connectivity index (χ0v) is 11.8.